The summed E-state index contributed by atoms with van der Waals surface area (Å²) in [4.78, 5) is 12.0. The normalized spacial score (nSPS) is 12.6. The van der Waals surface area contributed by atoms with Crippen LogP contribution in [0.25, 0.3) is 6.08 Å². The van der Waals surface area contributed by atoms with Crippen molar-refractivity contribution in [3.63, 3.8) is 0 Å². The zero-order valence-corrected chi connectivity index (χ0v) is 11.9. The lowest BCUT2D eigenvalue weighted by Gasteiger charge is -2.14. The van der Waals surface area contributed by atoms with E-state index < -0.39 is 34.8 Å². The van der Waals surface area contributed by atoms with Crippen molar-refractivity contribution >= 4 is 11.9 Å². The van der Waals surface area contributed by atoms with Crippen molar-refractivity contribution in [2.24, 2.45) is 0 Å². The first kappa shape index (κ1) is 17.8. The highest BCUT2D eigenvalue weighted by molar-refractivity contribution is 6.08. The second kappa shape index (κ2) is 6.51. The van der Waals surface area contributed by atoms with Gasteiger partial charge in [0.1, 0.15) is 0 Å². The first-order valence-corrected chi connectivity index (χ1v) is 6.65. The fourth-order valence-corrected chi connectivity index (χ4v) is 2.00. The van der Waals surface area contributed by atoms with E-state index in [1.807, 2.05) is 0 Å². The molecule has 7 heteroatoms. The zero-order valence-electron chi connectivity index (χ0n) is 11.9. The Kier molecular flexibility index (Phi) is 4.82. The van der Waals surface area contributed by atoms with Gasteiger partial charge in [-0.1, -0.05) is 36.4 Å². The Hall–Kier alpha value is -2.57. The topological polar surface area (TPSA) is 17.1 Å². The predicted molar refractivity (Wildman–Crippen MR) is 76.3 cm³/mol. The molecule has 0 spiro atoms. The molecular weight excluding hydrogens is 334 g/mol. The third kappa shape index (κ3) is 4.24. The second-order valence-electron chi connectivity index (χ2n) is 4.86. The number of hydrogen-bond donors (Lipinski definition) is 0. The lowest BCUT2D eigenvalue weighted by atomic mass is 9.99. The number of ketones is 1. The quantitative estimate of drug-likeness (QED) is 0.401. The summed E-state index contributed by atoms with van der Waals surface area (Å²) in [5.74, 6) is -1.16. The van der Waals surface area contributed by atoms with Crippen LogP contribution in [0.1, 0.15) is 27.0 Å². The standard InChI is InChI=1S/C17H10F6O/c18-16(19,20)12-7-8-14(17(21,22)23)13(10-12)15(24)9-6-11-4-2-1-3-5-11/h1-10H/b9-6+. The van der Waals surface area contributed by atoms with Crippen molar-refractivity contribution in [2.45, 2.75) is 12.4 Å². The van der Waals surface area contributed by atoms with Gasteiger partial charge in [-0.15, -0.1) is 0 Å². The van der Waals surface area contributed by atoms with Crippen LogP contribution in [0.5, 0.6) is 0 Å². The molecule has 0 bridgehead atoms. The molecule has 0 saturated heterocycles. The summed E-state index contributed by atoms with van der Waals surface area (Å²) in [6.45, 7) is 0. The number of benzene rings is 2. The van der Waals surface area contributed by atoms with Crippen molar-refractivity contribution in [1.29, 1.82) is 0 Å². The van der Waals surface area contributed by atoms with Gasteiger partial charge < -0.3 is 0 Å². The number of halogens is 6. The van der Waals surface area contributed by atoms with E-state index in [0.29, 0.717) is 11.6 Å². The molecule has 0 aliphatic heterocycles. The van der Waals surface area contributed by atoms with E-state index in [4.69, 9.17) is 0 Å². The maximum atomic E-state index is 12.9. The molecule has 0 heterocycles. The molecule has 0 aliphatic carbocycles. The van der Waals surface area contributed by atoms with E-state index in [2.05, 4.69) is 0 Å². The van der Waals surface area contributed by atoms with Crippen molar-refractivity contribution < 1.29 is 31.1 Å². The minimum Gasteiger partial charge on any atom is -0.289 e. The Labute approximate surface area is 133 Å². The second-order valence-corrected chi connectivity index (χ2v) is 4.86. The fraction of sp³-hybridized carbons (Fsp3) is 0.118. The van der Waals surface area contributed by atoms with Gasteiger partial charge in [-0.3, -0.25) is 4.79 Å². The molecule has 0 aromatic heterocycles. The number of hydrogen-bond acceptors (Lipinski definition) is 1. The molecule has 0 unspecified atom stereocenters. The van der Waals surface area contributed by atoms with E-state index >= 15 is 0 Å². The molecule has 0 saturated carbocycles. The van der Waals surface area contributed by atoms with Gasteiger partial charge in [-0.05, 0) is 29.8 Å². The van der Waals surface area contributed by atoms with Crippen LogP contribution < -0.4 is 0 Å². The van der Waals surface area contributed by atoms with Crippen molar-refractivity contribution in [3.05, 3.63) is 76.9 Å². The Morgan fingerprint density at radius 1 is 0.833 bits per heavy atom. The van der Waals surface area contributed by atoms with Crippen molar-refractivity contribution in [3.8, 4) is 0 Å². The molecule has 2 aromatic rings. The Balaban J connectivity index is 2.45. The van der Waals surface area contributed by atoms with Crippen LogP contribution in [-0.2, 0) is 12.4 Å². The number of carbonyl (C=O) groups excluding carboxylic acids is 1. The zero-order chi connectivity index (χ0) is 18.0. The van der Waals surface area contributed by atoms with E-state index in [1.54, 1.807) is 30.3 Å². The van der Waals surface area contributed by atoms with Crippen LogP contribution in [-0.4, -0.2) is 5.78 Å². The predicted octanol–water partition coefficient (Wildman–Crippen LogP) is 5.62. The highest BCUT2D eigenvalue weighted by Crippen LogP contribution is 2.36. The van der Waals surface area contributed by atoms with Gasteiger partial charge in [0.15, 0.2) is 5.78 Å². The van der Waals surface area contributed by atoms with E-state index in [1.165, 1.54) is 6.08 Å². The molecular formula is C17H10F6O. The third-order valence-corrected chi connectivity index (χ3v) is 3.14. The maximum absolute atomic E-state index is 12.9. The summed E-state index contributed by atoms with van der Waals surface area (Å²) >= 11 is 0. The molecule has 2 aromatic carbocycles. The molecule has 0 radical (unpaired) electrons. The minimum atomic E-state index is -4.93. The summed E-state index contributed by atoms with van der Waals surface area (Å²) < 4.78 is 76.9. The van der Waals surface area contributed by atoms with Gasteiger partial charge in [0.05, 0.1) is 11.1 Å². The molecule has 126 valence electrons. The molecule has 0 amide bonds. The average Bonchev–Trinajstić information content (AvgIpc) is 2.51. The number of allylic oxidation sites excluding steroid dienone is 1. The Morgan fingerprint density at radius 3 is 2.00 bits per heavy atom. The minimum absolute atomic E-state index is 0.223. The van der Waals surface area contributed by atoms with Crippen LogP contribution in [0, 0.1) is 0 Å². The van der Waals surface area contributed by atoms with Gasteiger partial charge in [0, 0.05) is 5.56 Å². The van der Waals surface area contributed by atoms with Gasteiger partial charge in [0.2, 0.25) is 0 Å². The summed E-state index contributed by atoms with van der Waals surface area (Å²) in [6.07, 6.45) is -7.72. The van der Waals surface area contributed by atoms with E-state index in [-0.39, 0.29) is 12.1 Å². The van der Waals surface area contributed by atoms with Crippen LogP contribution in [0.15, 0.2) is 54.6 Å². The lowest BCUT2D eigenvalue weighted by molar-refractivity contribution is -0.141. The first-order valence-electron chi connectivity index (χ1n) is 6.65. The summed E-state index contributed by atoms with van der Waals surface area (Å²) in [6, 6.07) is 8.99. The monoisotopic (exact) mass is 344 g/mol. The van der Waals surface area contributed by atoms with Crippen LogP contribution in [0.3, 0.4) is 0 Å². The molecule has 0 N–H and O–H groups in total. The molecule has 1 nitrogen and oxygen atoms in total. The Morgan fingerprint density at radius 2 is 1.46 bits per heavy atom. The van der Waals surface area contributed by atoms with Crippen LogP contribution >= 0.6 is 0 Å². The molecule has 0 atom stereocenters. The molecule has 0 fully saturated rings. The summed E-state index contributed by atoms with van der Waals surface area (Å²) in [5.41, 5.74) is -3.22. The largest absolute Gasteiger partial charge is 0.417 e. The van der Waals surface area contributed by atoms with E-state index in [0.717, 1.165) is 6.08 Å². The highest BCUT2D eigenvalue weighted by atomic mass is 19.4. The SMILES string of the molecule is O=C(/C=C/c1ccccc1)c1cc(C(F)(F)F)ccc1C(F)(F)F. The van der Waals surface area contributed by atoms with Gasteiger partial charge in [-0.25, -0.2) is 0 Å². The first-order chi connectivity index (χ1) is 11.1. The molecule has 2 rings (SSSR count). The van der Waals surface area contributed by atoms with Gasteiger partial charge in [0.25, 0.3) is 0 Å². The van der Waals surface area contributed by atoms with Gasteiger partial charge >= 0.3 is 12.4 Å². The highest BCUT2D eigenvalue weighted by Gasteiger charge is 2.38. The van der Waals surface area contributed by atoms with Crippen molar-refractivity contribution in [2.75, 3.05) is 0 Å². The fourth-order valence-electron chi connectivity index (χ4n) is 2.00. The Bertz CT molecular complexity index is 757. The number of carbonyl (C=O) groups is 1. The molecule has 0 aliphatic rings. The number of alkyl halides is 6. The van der Waals surface area contributed by atoms with Gasteiger partial charge in [-0.2, -0.15) is 26.3 Å². The summed E-state index contributed by atoms with van der Waals surface area (Å²) in [7, 11) is 0. The lowest BCUT2D eigenvalue weighted by Crippen LogP contribution is -2.15. The number of rotatable bonds is 3. The molecule has 24 heavy (non-hydrogen) atoms. The van der Waals surface area contributed by atoms with Crippen LogP contribution in [0.4, 0.5) is 26.3 Å². The van der Waals surface area contributed by atoms with Crippen LogP contribution in [0.2, 0.25) is 0 Å². The van der Waals surface area contributed by atoms with Crippen molar-refractivity contribution in [1.82, 2.24) is 0 Å². The van der Waals surface area contributed by atoms with E-state index in [9.17, 15) is 31.1 Å². The maximum Gasteiger partial charge on any atom is 0.417 e. The summed E-state index contributed by atoms with van der Waals surface area (Å²) in [5, 5.41) is 0. The average molecular weight is 344 g/mol. The smallest absolute Gasteiger partial charge is 0.289 e. The third-order valence-electron chi connectivity index (χ3n) is 3.14.